The van der Waals surface area contributed by atoms with Gasteiger partial charge < -0.3 is 10.1 Å². The highest BCUT2D eigenvalue weighted by Gasteiger charge is 2.16. The Balaban J connectivity index is 2.50. The van der Waals surface area contributed by atoms with Crippen molar-refractivity contribution >= 4 is 28.0 Å². The first-order valence-corrected chi connectivity index (χ1v) is 4.31. The molecule has 0 atom stereocenters. The first-order chi connectivity index (χ1) is 7.27. The van der Waals surface area contributed by atoms with Crippen LogP contribution in [0.5, 0.6) is 0 Å². The minimum atomic E-state index is -1.06. The normalized spacial score (nSPS) is 11.2. The number of hydrogen-bond donors (Lipinski definition) is 3. The third-order valence-electron chi connectivity index (χ3n) is 2.27. The number of aromatic nitrogens is 4. The number of aromatic carboxylic acids is 1. The van der Waals surface area contributed by atoms with Crippen LogP contribution in [0.15, 0.2) is 18.3 Å². The molecule has 6 nitrogen and oxygen atoms in total. The Labute approximate surface area is 82.9 Å². The lowest BCUT2D eigenvalue weighted by molar-refractivity contribution is 0.0692. The Bertz CT molecular complexity index is 667. The maximum atomic E-state index is 10.8. The molecule has 0 aliphatic carbocycles. The molecule has 0 saturated heterocycles. The van der Waals surface area contributed by atoms with E-state index in [0.29, 0.717) is 16.6 Å². The lowest BCUT2D eigenvalue weighted by atomic mass is 10.3. The van der Waals surface area contributed by atoms with Gasteiger partial charge in [-0.3, -0.25) is 10.1 Å². The van der Waals surface area contributed by atoms with Crippen molar-refractivity contribution < 1.29 is 9.90 Å². The van der Waals surface area contributed by atoms with Crippen molar-refractivity contribution in [2.24, 2.45) is 0 Å². The van der Waals surface area contributed by atoms with Crippen LogP contribution in [-0.2, 0) is 0 Å². The molecule has 0 saturated carbocycles. The van der Waals surface area contributed by atoms with Crippen molar-refractivity contribution in [3.63, 3.8) is 0 Å². The van der Waals surface area contributed by atoms with E-state index in [1.54, 1.807) is 12.3 Å². The van der Waals surface area contributed by atoms with E-state index >= 15 is 0 Å². The van der Waals surface area contributed by atoms with Crippen molar-refractivity contribution in [1.82, 2.24) is 20.2 Å². The fraction of sp³-hybridized carbons (Fsp3) is 0. The first-order valence-electron chi connectivity index (χ1n) is 4.31. The van der Waals surface area contributed by atoms with E-state index in [4.69, 9.17) is 5.11 Å². The molecule has 0 unspecified atom stereocenters. The summed E-state index contributed by atoms with van der Waals surface area (Å²) in [5.41, 5.74) is 2.60. The SMILES string of the molecule is O=C(O)c1n[nH]c2c1[nH]c1cccnc12. The van der Waals surface area contributed by atoms with Gasteiger partial charge in [0.05, 0.1) is 5.52 Å². The number of nitrogens with zero attached hydrogens (tertiary/aromatic N) is 2. The molecule has 0 bridgehead atoms. The van der Waals surface area contributed by atoms with Crippen LogP contribution < -0.4 is 0 Å². The first kappa shape index (κ1) is 7.98. The molecule has 3 N–H and O–H groups in total. The van der Waals surface area contributed by atoms with Crippen LogP contribution in [0, 0.1) is 0 Å². The van der Waals surface area contributed by atoms with Gasteiger partial charge in [0.25, 0.3) is 0 Å². The number of aromatic amines is 2. The van der Waals surface area contributed by atoms with E-state index in [1.807, 2.05) is 6.07 Å². The van der Waals surface area contributed by atoms with Gasteiger partial charge in [-0.2, -0.15) is 5.10 Å². The molecular formula is C9H6N4O2. The second-order valence-corrected chi connectivity index (χ2v) is 3.15. The number of fused-ring (bicyclic) bond motifs is 3. The molecule has 0 spiro atoms. The third-order valence-corrected chi connectivity index (χ3v) is 2.27. The summed E-state index contributed by atoms with van der Waals surface area (Å²) in [6.07, 6.45) is 1.65. The Kier molecular flexibility index (Phi) is 1.37. The maximum Gasteiger partial charge on any atom is 0.358 e. The number of H-pyrrole nitrogens is 2. The zero-order valence-corrected chi connectivity index (χ0v) is 7.48. The zero-order chi connectivity index (χ0) is 10.4. The Morgan fingerprint density at radius 1 is 1.40 bits per heavy atom. The summed E-state index contributed by atoms with van der Waals surface area (Å²) in [5.74, 6) is -1.06. The summed E-state index contributed by atoms with van der Waals surface area (Å²) in [5, 5.41) is 15.3. The fourth-order valence-corrected chi connectivity index (χ4v) is 1.63. The van der Waals surface area contributed by atoms with Gasteiger partial charge in [-0.25, -0.2) is 4.79 Å². The van der Waals surface area contributed by atoms with E-state index in [1.165, 1.54) is 0 Å². The van der Waals surface area contributed by atoms with Gasteiger partial charge in [0, 0.05) is 6.20 Å². The lowest BCUT2D eigenvalue weighted by Crippen LogP contribution is -1.97. The quantitative estimate of drug-likeness (QED) is 0.551. The van der Waals surface area contributed by atoms with Crippen molar-refractivity contribution in [3.8, 4) is 0 Å². The average molecular weight is 202 g/mol. The highest BCUT2D eigenvalue weighted by atomic mass is 16.4. The lowest BCUT2D eigenvalue weighted by Gasteiger charge is -1.86. The van der Waals surface area contributed by atoms with Crippen molar-refractivity contribution in [1.29, 1.82) is 0 Å². The Morgan fingerprint density at radius 2 is 2.27 bits per heavy atom. The van der Waals surface area contributed by atoms with Gasteiger partial charge in [0.1, 0.15) is 16.6 Å². The van der Waals surface area contributed by atoms with E-state index in [0.717, 1.165) is 5.52 Å². The van der Waals surface area contributed by atoms with E-state index < -0.39 is 5.97 Å². The predicted molar refractivity (Wildman–Crippen MR) is 52.7 cm³/mol. The molecule has 3 aromatic heterocycles. The van der Waals surface area contributed by atoms with Crippen LogP contribution in [0.1, 0.15) is 10.5 Å². The molecule has 0 fully saturated rings. The Morgan fingerprint density at radius 3 is 3.07 bits per heavy atom. The minimum absolute atomic E-state index is 0.0111. The smallest absolute Gasteiger partial charge is 0.358 e. The van der Waals surface area contributed by atoms with Crippen molar-refractivity contribution in [2.45, 2.75) is 0 Å². The van der Waals surface area contributed by atoms with Gasteiger partial charge in [0.15, 0.2) is 5.69 Å². The molecule has 15 heavy (non-hydrogen) atoms. The number of hydrogen-bond acceptors (Lipinski definition) is 3. The van der Waals surface area contributed by atoms with E-state index in [-0.39, 0.29) is 5.69 Å². The second kappa shape index (κ2) is 2.57. The summed E-state index contributed by atoms with van der Waals surface area (Å²) >= 11 is 0. The van der Waals surface area contributed by atoms with E-state index in [9.17, 15) is 4.79 Å². The third kappa shape index (κ3) is 0.954. The molecule has 0 aromatic carbocycles. The van der Waals surface area contributed by atoms with Crippen molar-refractivity contribution in [2.75, 3.05) is 0 Å². The number of rotatable bonds is 1. The molecule has 3 rings (SSSR count). The van der Waals surface area contributed by atoms with Crippen LogP contribution in [0.2, 0.25) is 0 Å². The predicted octanol–water partition coefficient (Wildman–Crippen LogP) is 1.14. The standard InChI is InChI=1S/C9H6N4O2/c14-9(15)8-6-7(12-13-8)5-4(11-6)2-1-3-10-5/h1-3,11H,(H,12,13)(H,14,15). The average Bonchev–Trinajstić information content (AvgIpc) is 2.74. The van der Waals surface area contributed by atoms with Gasteiger partial charge in [-0.05, 0) is 12.1 Å². The number of carboxylic acids is 1. The highest BCUT2D eigenvalue weighted by Crippen LogP contribution is 2.23. The van der Waals surface area contributed by atoms with Crippen molar-refractivity contribution in [3.05, 3.63) is 24.0 Å². The molecule has 0 amide bonds. The van der Waals surface area contributed by atoms with Gasteiger partial charge in [0.2, 0.25) is 0 Å². The van der Waals surface area contributed by atoms with Gasteiger partial charge in [-0.1, -0.05) is 0 Å². The molecule has 6 heteroatoms. The Hall–Kier alpha value is -2.37. The molecule has 3 heterocycles. The zero-order valence-electron chi connectivity index (χ0n) is 7.48. The van der Waals surface area contributed by atoms with Crippen LogP contribution in [-0.4, -0.2) is 31.2 Å². The molecule has 0 aliphatic heterocycles. The summed E-state index contributed by atoms with van der Waals surface area (Å²) in [6, 6.07) is 3.62. The largest absolute Gasteiger partial charge is 0.476 e. The maximum absolute atomic E-state index is 10.8. The minimum Gasteiger partial charge on any atom is -0.476 e. The summed E-state index contributed by atoms with van der Waals surface area (Å²) < 4.78 is 0. The summed E-state index contributed by atoms with van der Waals surface area (Å²) in [4.78, 5) is 17.9. The topological polar surface area (TPSA) is 94.7 Å². The van der Waals surface area contributed by atoms with Crippen LogP contribution in [0.4, 0.5) is 0 Å². The van der Waals surface area contributed by atoms with Crippen LogP contribution >= 0.6 is 0 Å². The van der Waals surface area contributed by atoms with Crippen LogP contribution in [0.25, 0.3) is 22.1 Å². The summed E-state index contributed by atoms with van der Waals surface area (Å²) in [7, 11) is 0. The van der Waals surface area contributed by atoms with Crippen LogP contribution in [0.3, 0.4) is 0 Å². The number of carboxylic acid groups (broad SMARTS) is 1. The molecule has 0 aliphatic rings. The van der Waals surface area contributed by atoms with Gasteiger partial charge >= 0.3 is 5.97 Å². The molecule has 3 aromatic rings. The second-order valence-electron chi connectivity index (χ2n) is 3.15. The van der Waals surface area contributed by atoms with E-state index in [2.05, 4.69) is 20.2 Å². The summed E-state index contributed by atoms with van der Waals surface area (Å²) in [6.45, 7) is 0. The number of pyridine rings is 1. The molecular weight excluding hydrogens is 196 g/mol. The number of nitrogens with one attached hydrogen (secondary N) is 2. The number of carbonyl (C=O) groups is 1. The fourth-order valence-electron chi connectivity index (χ4n) is 1.63. The molecule has 74 valence electrons. The highest BCUT2D eigenvalue weighted by molar-refractivity contribution is 6.09. The molecule has 0 radical (unpaired) electrons. The van der Waals surface area contributed by atoms with Gasteiger partial charge in [-0.15, -0.1) is 0 Å². The monoisotopic (exact) mass is 202 g/mol.